The summed E-state index contributed by atoms with van der Waals surface area (Å²) in [6.07, 6.45) is 4.51. The minimum Gasteiger partial charge on any atom is -0.497 e. The normalized spacial score (nSPS) is 22.4. The van der Waals surface area contributed by atoms with Crippen molar-refractivity contribution in [3.05, 3.63) is 65.2 Å². The third-order valence-corrected chi connectivity index (χ3v) is 9.33. The largest absolute Gasteiger partial charge is 0.497 e. The Kier molecular flexibility index (Phi) is 8.49. The summed E-state index contributed by atoms with van der Waals surface area (Å²) in [7, 11) is 1.72. The number of benzene rings is 2. The van der Waals surface area contributed by atoms with E-state index in [0.29, 0.717) is 23.4 Å². The van der Waals surface area contributed by atoms with Gasteiger partial charge in [0.05, 0.1) is 7.11 Å². The van der Waals surface area contributed by atoms with E-state index >= 15 is 0 Å². The van der Waals surface area contributed by atoms with Crippen LogP contribution in [-0.2, 0) is 11.3 Å². The van der Waals surface area contributed by atoms with E-state index in [9.17, 15) is 4.79 Å². The lowest BCUT2D eigenvalue weighted by Crippen LogP contribution is -2.60. The smallest absolute Gasteiger partial charge is 0.410 e. The van der Waals surface area contributed by atoms with E-state index in [1.54, 1.807) is 7.11 Å². The van der Waals surface area contributed by atoms with Crippen LogP contribution in [0.15, 0.2) is 48.5 Å². The molecule has 40 heavy (non-hydrogen) atoms. The zero-order valence-corrected chi connectivity index (χ0v) is 25.5. The Morgan fingerprint density at radius 3 is 2.27 bits per heavy atom. The van der Waals surface area contributed by atoms with E-state index in [0.717, 1.165) is 57.9 Å². The summed E-state index contributed by atoms with van der Waals surface area (Å²) in [4.78, 5) is 20.0. The quantitative estimate of drug-likeness (QED) is 0.395. The fourth-order valence-corrected chi connectivity index (χ4v) is 7.11. The molecule has 0 N–H and O–H groups in total. The number of likely N-dealkylation sites (tertiary alicyclic amines) is 1. The van der Waals surface area contributed by atoms with Gasteiger partial charge in [0.25, 0.3) is 0 Å². The highest BCUT2D eigenvalue weighted by Crippen LogP contribution is 2.53. The van der Waals surface area contributed by atoms with Crippen molar-refractivity contribution in [3.8, 4) is 5.75 Å². The number of amides is 1. The van der Waals surface area contributed by atoms with Gasteiger partial charge in [-0.1, -0.05) is 50.2 Å². The fourth-order valence-electron chi connectivity index (χ4n) is 7.11. The van der Waals surface area contributed by atoms with Gasteiger partial charge in [-0.15, -0.1) is 0 Å². The molecule has 2 aliphatic heterocycles. The number of carbonyl (C=O) groups is 1. The predicted molar refractivity (Wildman–Crippen MR) is 161 cm³/mol. The van der Waals surface area contributed by atoms with Crippen LogP contribution in [0.25, 0.3) is 0 Å². The SMILES string of the molecule is COc1ccc(CN2CCN(C3CC4(CCN(C(=O)OC(C)(C)C)CC4)C3)C(c3ccccc3C(C)C)C2)cc1. The van der Waals surface area contributed by atoms with Gasteiger partial charge in [0.1, 0.15) is 11.4 Å². The molecule has 3 fully saturated rings. The molecule has 0 radical (unpaired) electrons. The van der Waals surface area contributed by atoms with Crippen molar-refractivity contribution >= 4 is 6.09 Å². The molecule has 1 spiro atoms. The molecule has 218 valence electrons. The van der Waals surface area contributed by atoms with Crippen molar-refractivity contribution in [1.82, 2.24) is 14.7 Å². The lowest BCUT2D eigenvalue weighted by atomic mass is 9.59. The molecule has 1 unspecified atom stereocenters. The van der Waals surface area contributed by atoms with Crippen LogP contribution in [0.3, 0.4) is 0 Å². The molecular formula is C34H49N3O3. The monoisotopic (exact) mass is 547 g/mol. The first-order valence-corrected chi connectivity index (χ1v) is 15.2. The average molecular weight is 548 g/mol. The average Bonchev–Trinajstić information content (AvgIpc) is 2.91. The minimum atomic E-state index is -0.440. The molecule has 2 aromatic carbocycles. The second-order valence-electron chi connectivity index (χ2n) is 13.6. The van der Waals surface area contributed by atoms with E-state index in [2.05, 4.69) is 72.2 Å². The van der Waals surface area contributed by atoms with E-state index in [1.165, 1.54) is 29.5 Å². The first-order valence-electron chi connectivity index (χ1n) is 15.2. The van der Waals surface area contributed by atoms with Gasteiger partial charge < -0.3 is 14.4 Å². The van der Waals surface area contributed by atoms with Crippen molar-refractivity contribution in [2.45, 2.75) is 90.4 Å². The minimum absolute atomic E-state index is 0.156. The summed E-state index contributed by atoms with van der Waals surface area (Å²) in [5, 5.41) is 0. The molecule has 1 saturated carbocycles. The fraction of sp³-hybridized carbons (Fsp3) is 0.618. The van der Waals surface area contributed by atoms with Crippen molar-refractivity contribution in [2.75, 3.05) is 39.8 Å². The van der Waals surface area contributed by atoms with Crippen LogP contribution in [0.1, 0.15) is 89.0 Å². The molecule has 3 aliphatic rings. The predicted octanol–water partition coefficient (Wildman–Crippen LogP) is 6.86. The topological polar surface area (TPSA) is 45.2 Å². The summed E-state index contributed by atoms with van der Waals surface area (Å²) in [5.74, 6) is 1.41. The number of ether oxygens (including phenoxy) is 2. The van der Waals surface area contributed by atoms with Crippen LogP contribution in [-0.4, -0.2) is 72.3 Å². The molecular weight excluding hydrogens is 498 g/mol. The number of hydrogen-bond donors (Lipinski definition) is 0. The molecule has 2 heterocycles. The van der Waals surface area contributed by atoms with Gasteiger partial charge in [0, 0.05) is 51.4 Å². The van der Waals surface area contributed by atoms with Crippen LogP contribution in [0.4, 0.5) is 4.79 Å². The number of hydrogen-bond acceptors (Lipinski definition) is 5. The molecule has 2 aromatic rings. The number of rotatable bonds is 6. The van der Waals surface area contributed by atoms with Crippen LogP contribution in [0, 0.1) is 5.41 Å². The Morgan fingerprint density at radius 1 is 0.975 bits per heavy atom. The second-order valence-corrected chi connectivity index (χ2v) is 13.6. The lowest BCUT2D eigenvalue weighted by Gasteiger charge is -2.58. The molecule has 0 aromatic heterocycles. The van der Waals surface area contributed by atoms with Gasteiger partial charge in [0.2, 0.25) is 0 Å². The number of nitrogens with zero attached hydrogens (tertiary/aromatic N) is 3. The maximum Gasteiger partial charge on any atom is 0.410 e. The Hall–Kier alpha value is -2.57. The Bertz CT molecular complexity index is 1140. The van der Waals surface area contributed by atoms with E-state index in [1.807, 2.05) is 25.7 Å². The van der Waals surface area contributed by atoms with E-state index < -0.39 is 5.60 Å². The Labute approximate surface area is 241 Å². The summed E-state index contributed by atoms with van der Waals surface area (Å²) < 4.78 is 11.0. The first-order chi connectivity index (χ1) is 19.1. The lowest BCUT2D eigenvalue weighted by molar-refractivity contribution is -0.0782. The number of piperidine rings is 1. The molecule has 6 heteroatoms. The second kappa shape index (κ2) is 11.7. The van der Waals surface area contributed by atoms with Crippen LogP contribution < -0.4 is 4.74 Å². The van der Waals surface area contributed by atoms with Gasteiger partial charge >= 0.3 is 6.09 Å². The molecule has 1 amide bonds. The maximum atomic E-state index is 12.6. The third kappa shape index (κ3) is 6.49. The van der Waals surface area contributed by atoms with Gasteiger partial charge in [-0.25, -0.2) is 4.79 Å². The number of piperazine rings is 1. The highest BCUT2D eigenvalue weighted by atomic mass is 16.6. The third-order valence-electron chi connectivity index (χ3n) is 9.33. The number of methoxy groups -OCH3 is 1. The Morgan fingerprint density at radius 2 is 1.65 bits per heavy atom. The van der Waals surface area contributed by atoms with Crippen molar-refractivity contribution in [2.24, 2.45) is 5.41 Å². The summed E-state index contributed by atoms with van der Waals surface area (Å²) in [6, 6.07) is 18.7. The Balaban J connectivity index is 1.27. The summed E-state index contributed by atoms with van der Waals surface area (Å²) in [5.41, 5.74) is 4.25. The maximum absolute atomic E-state index is 12.6. The van der Waals surface area contributed by atoms with Crippen molar-refractivity contribution in [3.63, 3.8) is 0 Å². The van der Waals surface area contributed by atoms with E-state index in [4.69, 9.17) is 9.47 Å². The zero-order valence-electron chi connectivity index (χ0n) is 25.5. The highest BCUT2D eigenvalue weighted by Gasteiger charge is 2.50. The molecule has 0 bridgehead atoms. The van der Waals surface area contributed by atoms with E-state index in [-0.39, 0.29) is 6.09 Å². The van der Waals surface area contributed by atoms with Gasteiger partial charge in [-0.05, 0) is 86.6 Å². The highest BCUT2D eigenvalue weighted by molar-refractivity contribution is 5.68. The van der Waals surface area contributed by atoms with Crippen molar-refractivity contribution in [1.29, 1.82) is 0 Å². The molecule has 2 saturated heterocycles. The van der Waals surface area contributed by atoms with Crippen LogP contribution >= 0.6 is 0 Å². The molecule has 1 aliphatic carbocycles. The molecule has 1 atom stereocenters. The van der Waals surface area contributed by atoms with Gasteiger partial charge in [-0.2, -0.15) is 0 Å². The zero-order chi connectivity index (χ0) is 28.5. The van der Waals surface area contributed by atoms with Crippen molar-refractivity contribution < 1.29 is 14.3 Å². The van der Waals surface area contributed by atoms with Crippen LogP contribution in [0.2, 0.25) is 0 Å². The van der Waals surface area contributed by atoms with Gasteiger partial charge in [-0.3, -0.25) is 9.80 Å². The molecule has 5 rings (SSSR count). The number of carbonyl (C=O) groups excluding carboxylic acids is 1. The van der Waals surface area contributed by atoms with Crippen LogP contribution in [0.5, 0.6) is 5.75 Å². The summed E-state index contributed by atoms with van der Waals surface area (Å²) >= 11 is 0. The molecule has 6 nitrogen and oxygen atoms in total. The first kappa shape index (κ1) is 28.9. The van der Waals surface area contributed by atoms with Gasteiger partial charge in [0.15, 0.2) is 0 Å². The standard InChI is InChI=1S/C34H49N3O3/c1-25(2)29-9-7-8-10-30(29)31-24-35(23-26-11-13-28(39-6)14-12-26)19-20-37(31)27-21-34(22-27)15-17-36(18-16-34)32(38)40-33(3,4)5/h7-14,25,27,31H,15-24H2,1-6H3. The summed E-state index contributed by atoms with van der Waals surface area (Å²) in [6.45, 7) is 16.3.